The molecule has 146 valence electrons. The van der Waals surface area contributed by atoms with Crippen LogP contribution in [0.15, 0.2) is 48.5 Å². The molecule has 2 amide bonds. The first-order valence-corrected chi connectivity index (χ1v) is 9.85. The van der Waals surface area contributed by atoms with Crippen LogP contribution in [0.4, 0.5) is 5.69 Å². The fourth-order valence-corrected chi connectivity index (χ4v) is 3.78. The molecule has 2 aliphatic rings. The molecule has 2 aromatic rings. The molecule has 1 saturated heterocycles. The molecule has 0 aliphatic carbocycles. The molecular weight excluding hydrogens is 354 g/mol. The van der Waals surface area contributed by atoms with Crippen molar-refractivity contribution in [3.63, 3.8) is 0 Å². The number of likely N-dealkylation sites (tertiary alicyclic amines) is 1. The van der Waals surface area contributed by atoms with Gasteiger partial charge in [0, 0.05) is 36.3 Å². The van der Waals surface area contributed by atoms with Crippen molar-refractivity contribution in [2.45, 2.75) is 25.3 Å². The quantitative estimate of drug-likeness (QED) is 0.838. The summed E-state index contributed by atoms with van der Waals surface area (Å²) in [5, 5.41) is 6.20. The number of amides is 2. The molecule has 6 nitrogen and oxygen atoms in total. The summed E-state index contributed by atoms with van der Waals surface area (Å²) in [6.07, 6.45) is 2.89. The number of nitrogens with zero attached hydrogens (tertiary/aromatic N) is 1. The Kier molecular flexibility index (Phi) is 5.46. The standard InChI is InChI=1S/C22H25N3O3/c26-21(24-19-10-13-28-20-9-2-1-8-18(19)20)15-23-17-7-5-6-16(14-17)22(27)25-11-3-4-12-25/h1-2,5-9,14,19,23H,3-4,10-13,15H2,(H,24,26). The lowest BCUT2D eigenvalue weighted by molar-refractivity contribution is -0.120. The van der Waals surface area contributed by atoms with E-state index in [0.717, 1.165) is 49.4 Å². The summed E-state index contributed by atoms with van der Waals surface area (Å²) in [5.41, 5.74) is 2.44. The number of carbonyl (C=O) groups is 2. The van der Waals surface area contributed by atoms with E-state index in [1.165, 1.54) is 0 Å². The van der Waals surface area contributed by atoms with Crippen LogP contribution in [0, 0.1) is 0 Å². The Bertz CT molecular complexity index is 862. The summed E-state index contributed by atoms with van der Waals surface area (Å²) >= 11 is 0. The summed E-state index contributed by atoms with van der Waals surface area (Å²) in [5.74, 6) is 0.808. The number of hydrogen-bond acceptors (Lipinski definition) is 4. The van der Waals surface area contributed by atoms with E-state index in [0.29, 0.717) is 12.2 Å². The van der Waals surface area contributed by atoms with Crippen molar-refractivity contribution in [3.05, 3.63) is 59.7 Å². The lowest BCUT2D eigenvalue weighted by Gasteiger charge is -2.26. The van der Waals surface area contributed by atoms with Gasteiger partial charge in [-0.15, -0.1) is 0 Å². The first-order valence-electron chi connectivity index (χ1n) is 9.85. The molecule has 1 unspecified atom stereocenters. The molecule has 0 bridgehead atoms. The molecule has 0 spiro atoms. The molecule has 1 fully saturated rings. The highest BCUT2D eigenvalue weighted by molar-refractivity contribution is 5.95. The summed E-state index contributed by atoms with van der Waals surface area (Å²) in [4.78, 5) is 26.8. The molecule has 2 N–H and O–H groups in total. The van der Waals surface area contributed by atoms with Crippen molar-refractivity contribution in [1.82, 2.24) is 10.2 Å². The van der Waals surface area contributed by atoms with E-state index >= 15 is 0 Å². The van der Waals surface area contributed by atoms with E-state index in [2.05, 4.69) is 10.6 Å². The molecule has 28 heavy (non-hydrogen) atoms. The summed E-state index contributed by atoms with van der Waals surface area (Å²) in [6, 6.07) is 15.1. The smallest absolute Gasteiger partial charge is 0.253 e. The van der Waals surface area contributed by atoms with Crippen molar-refractivity contribution in [2.75, 3.05) is 31.6 Å². The molecule has 0 saturated carbocycles. The first kappa shape index (κ1) is 18.3. The Labute approximate surface area is 164 Å². The number of fused-ring (bicyclic) bond motifs is 1. The van der Waals surface area contributed by atoms with Gasteiger partial charge in [0.1, 0.15) is 5.75 Å². The third kappa shape index (κ3) is 4.11. The molecule has 6 heteroatoms. The number of ether oxygens (including phenoxy) is 1. The van der Waals surface area contributed by atoms with E-state index in [1.54, 1.807) is 0 Å². The second-order valence-corrected chi connectivity index (χ2v) is 7.23. The summed E-state index contributed by atoms with van der Waals surface area (Å²) in [6.45, 7) is 2.40. The van der Waals surface area contributed by atoms with E-state index in [-0.39, 0.29) is 24.4 Å². The average Bonchev–Trinajstić information content (AvgIpc) is 3.27. The van der Waals surface area contributed by atoms with Crippen LogP contribution in [0.5, 0.6) is 5.75 Å². The van der Waals surface area contributed by atoms with Crippen LogP contribution in [-0.4, -0.2) is 43.0 Å². The van der Waals surface area contributed by atoms with Crippen molar-refractivity contribution < 1.29 is 14.3 Å². The molecule has 0 radical (unpaired) electrons. The van der Waals surface area contributed by atoms with E-state index in [4.69, 9.17) is 4.74 Å². The third-order valence-corrected chi connectivity index (χ3v) is 5.25. The number of nitrogens with one attached hydrogen (secondary N) is 2. The van der Waals surface area contributed by atoms with Gasteiger partial charge in [0.05, 0.1) is 19.2 Å². The SMILES string of the molecule is O=C(CNc1cccc(C(=O)N2CCCC2)c1)NC1CCOc2ccccc21. The Morgan fingerprint density at radius 3 is 2.75 bits per heavy atom. The Balaban J connectivity index is 1.34. The fourth-order valence-electron chi connectivity index (χ4n) is 3.78. The Morgan fingerprint density at radius 2 is 1.89 bits per heavy atom. The molecule has 2 aromatic carbocycles. The number of carbonyl (C=O) groups excluding carboxylic acids is 2. The zero-order valence-corrected chi connectivity index (χ0v) is 15.8. The van der Waals surface area contributed by atoms with Crippen LogP contribution >= 0.6 is 0 Å². The topological polar surface area (TPSA) is 70.7 Å². The minimum absolute atomic E-state index is 0.0395. The van der Waals surface area contributed by atoms with E-state index in [9.17, 15) is 9.59 Å². The van der Waals surface area contributed by atoms with E-state index in [1.807, 2.05) is 53.4 Å². The Morgan fingerprint density at radius 1 is 1.07 bits per heavy atom. The fraction of sp³-hybridized carbons (Fsp3) is 0.364. The highest BCUT2D eigenvalue weighted by atomic mass is 16.5. The van der Waals surface area contributed by atoms with Crippen LogP contribution in [0.3, 0.4) is 0 Å². The minimum Gasteiger partial charge on any atom is -0.493 e. The normalized spacial score (nSPS) is 18.1. The maximum Gasteiger partial charge on any atom is 0.253 e. The van der Waals surface area contributed by atoms with Gasteiger partial charge in [-0.2, -0.15) is 0 Å². The van der Waals surface area contributed by atoms with Gasteiger partial charge in [0.15, 0.2) is 0 Å². The highest BCUT2D eigenvalue weighted by Gasteiger charge is 2.23. The van der Waals surface area contributed by atoms with Crippen LogP contribution < -0.4 is 15.4 Å². The Hall–Kier alpha value is -3.02. The van der Waals surface area contributed by atoms with Crippen LogP contribution in [0.25, 0.3) is 0 Å². The summed E-state index contributed by atoms with van der Waals surface area (Å²) < 4.78 is 5.64. The number of benzene rings is 2. The zero-order valence-electron chi connectivity index (χ0n) is 15.8. The minimum atomic E-state index is -0.0852. The molecule has 2 aliphatic heterocycles. The van der Waals surface area contributed by atoms with Gasteiger partial charge in [-0.25, -0.2) is 0 Å². The van der Waals surface area contributed by atoms with Gasteiger partial charge in [-0.1, -0.05) is 24.3 Å². The van der Waals surface area contributed by atoms with Gasteiger partial charge < -0.3 is 20.3 Å². The molecule has 2 heterocycles. The number of para-hydroxylation sites is 1. The molecule has 4 rings (SSSR count). The van der Waals surface area contributed by atoms with Crippen LogP contribution in [-0.2, 0) is 4.79 Å². The van der Waals surface area contributed by atoms with Gasteiger partial charge in [-0.05, 0) is 37.1 Å². The van der Waals surface area contributed by atoms with Crippen molar-refractivity contribution in [2.24, 2.45) is 0 Å². The molecular formula is C22H25N3O3. The molecule has 0 aromatic heterocycles. The van der Waals surface area contributed by atoms with Crippen LogP contribution in [0.2, 0.25) is 0 Å². The van der Waals surface area contributed by atoms with Gasteiger partial charge in [0.25, 0.3) is 5.91 Å². The van der Waals surface area contributed by atoms with Crippen LogP contribution in [0.1, 0.15) is 41.2 Å². The predicted molar refractivity (Wildman–Crippen MR) is 108 cm³/mol. The maximum absolute atomic E-state index is 12.5. The van der Waals surface area contributed by atoms with Gasteiger partial charge >= 0.3 is 0 Å². The van der Waals surface area contributed by atoms with E-state index < -0.39 is 0 Å². The van der Waals surface area contributed by atoms with Crippen molar-refractivity contribution in [3.8, 4) is 5.75 Å². The second kappa shape index (κ2) is 8.33. The zero-order chi connectivity index (χ0) is 19.3. The largest absolute Gasteiger partial charge is 0.493 e. The molecule has 1 atom stereocenters. The number of anilines is 1. The highest BCUT2D eigenvalue weighted by Crippen LogP contribution is 2.31. The van der Waals surface area contributed by atoms with Crippen molar-refractivity contribution in [1.29, 1.82) is 0 Å². The number of hydrogen-bond donors (Lipinski definition) is 2. The predicted octanol–water partition coefficient (Wildman–Crippen LogP) is 2.97. The monoisotopic (exact) mass is 379 g/mol. The maximum atomic E-state index is 12.5. The lowest BCUT2D eigenvalue weighted by atomic mass is 10.0. The van der Waals surface area contributed by atoms with Gasteiger partial charge in [0.2, 0.25) is 5.91 Å². The van der Waals surface area contributed by atoms with Crippen molar-refractivity contribution >= 4 is 17.5 Å². The summed E-state index contributed by atoms with van der Waals surface area (Å²) in [7, 11) is 0. The number of rotatable bonds is 5. The third-order valence-electron chi connectivity index (χ3n) is 5.25. The lowest BCUT2D eigenvalue weighted by Crippen LogP contribution is -2.35. The first-order chi connectivity index (χ1) is 13.7. The second-order valence-electron chi connectivity index (χ2n) is 7.23. The van der Waals surface area contributed by atoms with Gasteiger partial charge in [-0.3, -0.25) is 9.59 Å². The average molecular weight is 379 g/mol.